The molecular formula is C11H13NO4. The van der Waals surface area contributed by atoms with Crippen LogP contribution in [0.3, 0.4) is 0 Å². The summed E-state index contributed by atoms with van der Waals surface area (Å²) in [5, 5.41) is 0. The molecule has 0 unspecified atom stereocenters. The molecule has 5 nitrogen and oxygen atoms in total. The molecule has 0 aromatic carbocycles. The minimum atomic E-state index is -0.407. The first-order chi connectivity index (χ1) is 7.76. The molecule has 16 heavy (non-hydrogen) atoms. The molecule has 0 aliphatic heterocycles. The highest BCUT2D eigenvalue weighted by atomic mass is 16.6. The lowest BCUT2D eigenvalue weighted by Gasteiger charge is -2.02. The molecule has 0 fully saturated rings. The van der Waals surface area contributed by atoms with Gasteiger partial charge in [0.15, 0.2) is 0 Å². The Morgan fingerprint density at radius 3 is 2.88 bits per heavy atom. The van der Waals surface area contributed by atoms with E-state index in [9.17, 15) is 4.79 Å². The van der Waals surface area contributed by atoms with Gasteiger partial charge in [0, 0.05) is 5.56 Å². The first-order valence-electron chi connectivity index (χ1n) is 5.03. The summed E-state index contributed by atoms with van der Waals surface area (Å²) in [5.41, 5.74) is 1.67. The van der Waals surface area contributed by atoms with Crippen LogP contribution in [0.25, 0.3) is 0 Å². The molecule has 5 heteroatoms. The summed E-state index contributed by atoms with van der Waals surface area (Å²) >= 11 is 0. The van der Waals surface area contributed by atoms with Crippen LogP contribution in [0, 0.1) is 0 Å². The Kier molecular flexibility index (Phi) is 2.85. The van der Waals surface area contributed by atoms with Gasteiger partial charge in [0.25, 0.3) is 0 Å². The van der Waals surface area contributed by atoms with Crippen molar-refractivity contribution in [1.82, 2.24) is 4.57 Å². The zero-order valence-corrected chi connectivity index (χ0v) is 9.23. The van der Waals surface area contributed by atoms with Crippen LogP contribution in [0.15, 0.2) is 32.2 Å². The van der Waals surface area contributed by atoms with E-state index in [4.69, 9.17) is 13.6 Å². The SMILES string of the molecule is CCc1c(OC)oc(=O)n1Cc1ccoc1. The quantitative estimate of drug-likeness (QED) is 0.790. The van der Waals surface area contributed by atoms with Gasteiger partial charge in [-0.05, 0) is 12.5 Å². The molecule has 0 aliphatic carbocycles. The minimum absolute atomic E-state index is 0.288. The lowest BCUT2D eigenvalue weighted by molar-refractivity contribution is 0.291. The summed E-state index contributed by atoms with van der Waals surface area (Å²) in [6.07, 6.45) is 3.85. The Balaban J connectivity index is 2.40. The molecule has 0 saturated heterocycles. The fraction of sp³-hybridized carbons (Fsp3) is 0.364. The van der Waals surface area contributed by atoms with Gasteiger partial charge in [-0.2, -0.15) is 0 Å². The fourth-order valence-electron chi connectivity index (χ4n) is 1.63. The molecule has 0 N–H and O–H groups in total. The summed E-state index contributed by atoms with van der Waals surface area (Å²) in [7, 11) is 1.49. The number of ether oxygens (including phenoxy) is 1. The Hall–Kier alpha value is -1.91. The first-order valence-corrected chi connectivity index (χ1v) is 5.03. The van der Waals surface area contributed by atoms with Crippen molar-refractivity contribution in [2.45, 2.75) is 19.9 Å². The van der Waals surface area contributed by atoms with E-state index in [1.807, 2.05) is 13.0 Å². The molecule has 0 saturated carbocycles. The van der Waals surface area contributed by atoms with Gasteiger partial charge in [0.1, 0.15) is 5.69 Å². The van der Waals surface area contributed by atoms with Crippen LogP contribution in [0.1, 0.15) is 18.2 Å². The van der Waals surface area contributed by atoms with Crippen molar-refractivity contribution in [2.75, 3.05) is 7.11 Å². The number of hydrogen-bond acceptors (Lipinski definition) is 4. The third kappa shape index (κ3) is 1.76. The number of rotatable bonds is 4. The third-order valence-electron chi connectivity index (χ3n) is 2.40. The average molecular weight is 223 g/mol. The standard InChI is InChI=1S/C11H13NO4/c1-3-9-10(14-2)16-11(13)12(9)6-8-4-5-15-7-8/h4-5,7H,3,6H2,1-2H3. The van der Waals surface area contributed by atoms with Gasteiger partial charge in [0.05, 0.1) is 26.2 Å². The van der Waals surface area contributed by atoms with Gasteiger partial charge in [0.2, 0.25) is 0 Å². The second-order valence-corrected chi connectivity index (χ2v) is 3.38. The highest BCUT2D eigenvalue weighted by Crippen LogP contribution is 2.18. The largest absolute Gasteiger partial charge is 0.472 e. The predicted octanol–water partition coefficient (Wildman–Crippen LogP) is 1.65. The van der Waals surface area contributed by atoms with Crippen LogP contribution in [0.4, 0.5) is 0 Å². The van der Waals surface area contributed by atoms with Gasteiger partial charge in [-0.15, -0.1) is 0 Å². The molecule has 0 aliphatic rings. The lowest BCUT2D eigenvalue weighted by atomic mass is 10.3. The summed E-state index contributed by atoms with van der Waals surface area (Å²) in [5.74, 6) is -0.120. The molecule has 2 aromatic rings. The van der Waals surface area contributed by atoms with Crippen molar-refractivity contribution in [3.05, 3.63) is 40.4 Å². The molecule has 0 radical (unpaired) electrons. The van der Waals surface area contributed by atoms with Crippen LogP contribution in [-0.2, 0) is 13.0 Å². The smallest absolute Gasteiger partial charge is 0.422 e. The van der Waals surface area contributed by atoms with E-state index in [0.717, 1.165) is 11.3 Å². The number of nitrogens with zero attached hydrogens (tertiary/aromatic N) is 1. The molecular weight excluding hydrogens is 210 g/mol. The Morgan fingerprint density at radius 2 is 2.31 bits per heavy atom. The van der Waals surface area contributed by atoms with Crippen LogP contribution >= 0.6 is 0 Å². The van der Waals surface area contributed by atoms with Crippen LogP contribution in [-0.4, -0.2) is 11.7 Å². The molecule has 2 aromatic heterocycles. The van der Waals surface area contributed by atoms with Crippen molar-refractivity contribution < 1.29 is 13.6 Å². The zero-order chi connectivity index (χ0) is 11.5. The second-order valence-electron chi connectivity index (χ2n) is 3.38. The number of aromatic nitrogens is 1. The van der Waals surface area contributed by atoms with Gasteiger partial charge in [-0.3, -0.25) is 4.57 Å². The number of methoxy groups -OCH3 is 1. The molecule has 0 bridgehead atoms. The topological polar surface area (TPSA) is 57.5 Å². The average Bonchev–Trinajstić information content (AvgIpc) is 2.88. The van der Waals surface area contributed by atoms with Crippen molar-refractivity contribution in [2.24, 2.45) is 0 Å². The van der Waals surface area contributed by atoms with Crippen LogP contribution in [0.2, 0.25) is 0 Å². The number of oxazole rings is 1. The van der Waals surface area contributed by atoms with Gasteiger partial charge in [-0.1, -0.05) is 6.92 Å². The highest BCUT2D eigenvalue weighted by molar-refractivity contribution is 5.18. The predicted molar refractivity (Wildman–Crippen MR) is 56.7 cm³/mol. The molecule has 2 heterocycles. The van der Waals surface area contributed by atoms with Crippen molar-refractivity contribution in [3.63, 3.8) is 0 Å². The van der Waals surface area contributed by atoms with E-state index >= 15 is 0 Å². The fourth-order valence-corrected chi connectivity index (χ4v) is 1.63. The first kappa shape index (κ1) is 10.6. The Labute approximate surface area is 92.2 Å². The summed E-state index contributed by atoms with van der Waals surface area (Å²) in [6, 6.07) is 1.81. The van der Waals surface area contributed by atoms with Gasteiger partial charge < -0.3 is 13.6 Å². The van der Waals surface area contributed by atoms with Crippen molar-refractivity contribution in [3.8, 4) is 5.95 Å². The summed E-state index contributed by atoms with van der Waals surface area (Å²) in [6.45, 7) is 2.38. The second kappa shape index (κ2) is 4.30. The molecule has 0 amide bonds. The monoisotopic (exact) mass is 223 g/mol. The van der Waals surface area contributed by atoms with Crippen molar-refractivity contribution >= 4 is 0 Å². The maximum absolute atomic E-state index is 11.6. The Bertz CT molecular complexity index is 507. The van der Waals surface area contributed by atoms with E-state index in [0.29, 0.717) is 13.0 Å². The van der Waals surface area contributed by atoms with Crippen LogP contribution < -0.4 is 10.5 Å². The van der Waals surface area contributed by atoms with Crippen LogP contribution in [0.5, 0.6) is 5.95 Å². The maximum atomic E-state index is 11.6. The summed E-state index contributed by atoms with van der Waals surface area (Å²) in [4.78, 5) is 11.6. The molecule has 0 spiro atoms. The van der Waals surface area contributed by atoms with Gasteiger partial charge >= 0.3 is 11.7 Å². The van der Waals surface area contributed by atoms with E-state index in [1.165, 1.54) is 7.11 Å². The van der Waals surface area contributed by atoms with Gasteiger partial charge in [-0.25, -0.2) is 4.79 Å². The van der Waals surface area contributed by atoms with E-state index < -0.39 is 5.76 Å². The van der Waals surface area contributed by atoms with Crippen molar-refractivity contribution in [1.29, 1.82) is 0 Å². The number of hydrogen-bond donors (Lipinski definition) is 0. The molecule has 0 atom stereocenters. The lowest BCUT2D eigenvalue weighted by Crippen LogP contribution is -2.17. The highest BCUT2D eigenvalue weighted by Gasteiger charge is 2.15. The Morgan fingerprint density at radius 1 is 1.50 bits per heavy atom. The summed E-state index contributed by atoms with van der Waals surface area (Å²) < 4.78 is 16.5. The van der Waals surface area contributed by atoms with E-state index in [1.54, 1.807) is 17.1 Å². The minimum Gasteiger partial charge on any atom is -0.472 e. The molecule has 86 valence electrons. The normalized spacial score (nSPS) is 10.6. The third-order valence-corrected chi connectivity index (χ3v) is 2.40. The maximum Gasteiger partial charge on any atom is 0.422 e. The molecule has 2 rings (SSSR count). The van der Waals surface area contributed by atoms with E-state index in [-0.39, 0.29) is 5.95 Å². The number of furan rings is 1. The zero-order valence-electron chi connectivity index (χ0n) is 9.23. The van der Waals surface area contributed by atoms with E-state index in [2.05, 4.69) is 0 Å².